The van der Waals surface area contributed by atoms with Crippen LogP contribution in [-0.4, -0.2) is 34.0 Å². The fourth-order valence-electron chi connectivity index (χ4n) is 2.84. The second-order valence-corrected chi connectivity index (χ2v) is 7.97. The Morgan fingerprint density at radius 3 is 2.26 bits per heavy atom. The van der Waals surface area contributed by atoms with Crippen molar-refractivity contribution < 1.29 is 14.3 Å². The molecule has 2 aromatic carbocycles. The van der Waals surface area contributed by atoms with Gasteiger partial charge in [-0.3, -0.25) is 9.59 Å². The summed E-state index contributed by atoms with van der Waals surface area (Å²) in [4.78, 5) is 33.6. The molecule has 3 rings (SSSR count). The molecule has 7 nitrogen and oxygen atoms in total. The third-order valence-corrected chi connectivity index (χ3v) is 4.12. The molecule has 0 fully saturated rings. The first kappa shape index (κ1) is 22.0. The Labute approximate surface area is 181 Å². The van der Waals surface area contributed by atoms with Gasteiger partial charge in [-0.05, 0) is 26.3 Å². The number of esters is 1. The zero-order valence-corrected chi connectivity index (χ0v) is 17.9. The molecule has 0 aliphatic heterocycles. The molecule has 0 aliphatic carbocycles. The highest BCUT2D eigenvalue weighted by atomic mass is 16.6. The van der Waals surface area contributed by atoms with Crippen molar-refractivity contribution in [3.63, 3.8) is 0 Å². The Morgan fingerprint density at radius 2 is 1.61 bits per heavy atom. The number of nitrogens with one attached hydrogen (secondary N) is 2. The molecule has 3 aromatic rings. The van der Waals surface area contributed by atoms with Crippen molar-refractivity contribution in [1.82, 2.24) is 9.97 Å². The largest absolute Gasteiger partial charge is 0.459 e. The Bertz CT molecular complexity index is 1030. The van der Waals surface area contributed by atoms with Gasteiger partial charge in [-0.2, -0.15) is 0 Å². The highest BCUT2D eigenvalue weighted by molar-refractivity contribution is 5.95. The van der Waals surface area contributed by atoms with E-state index in [0.29, 0.717) is 17.3 Å². The Balaban J connectivity index is 1.79. The third-order valence-electron chi connectivity index (χ3n) is 4.12. The average molecular weight is 418 g/mol. The van der Waals surface area contributed by atoms with E-state index in [2.05, 4.69) is 20.6 Å². The van der Waals surface area contributed by atoms with Crippen molar-refractivity contribution >= 4 is 23.4 Å². The normalized spacial score (nSPS) is 10.9. The van der Waals surface area contributed by atoms with Crippen LogP contribution in [0.3, 0.4) is 0 Å². The fourth-order valence-corrected chi connectivity index (χ4v) is 2.84. The lowest BCUT2D eigenvalue weighted by Crippen LogP contribution is -2.28. The summed E-state index contributed by atoms with van der Waals surface area (Å²) in [5, 5.41) is 5.81. The quantitative estimate of drug-likeness (QED) is 0.562. The molecule has 0 saturated heterocycles. The second kappa shape index (κ2) is 9.84. The van der Waals surface area contributed by atoms with E-state index in [9.17, 15) is 9.59 Å². The Morgan fingerprint density at radius 1 is 0.968 bits per heavy atom. The van der Waals surface area contributed by atoms with Crippen LogP contribution in [0.25, 0.3) is 11.4 Å². The zero-order chi connectivity index (χ0) is 22.3. The summed E-state index contributed by atoms with van der Waals surface area (Å²) < 4.78 is 5.34. The SMILES string of the molecule is CC(C)(C)OC(=O)CNc1nc(-c2ccccc2)ncc1NC(=O)Cc1ccccc1. The number of hydrogen-bond acceptors (Lipinski definition) is 6. The predicted octanol–water partition coefficient (Wildman–Crippen LogP) is 4.08. The summed E-state index contributed by atoms with van der Waals surface area (Å²) in [7, 11) is 0. The Kier molecular flexibility index (Phi) is 6.97. The number of amides is 1. The topological polar surface area (TPSA) is 93.2 Å². The van der Waals surface area contributed by atoms with Crippen LogP contribution in [0.2, 0.25) is 0 Å². The maximum Gasteiger partial charge on any atom is 0.325 e. The Hall–Kier alpha value is -3.74. The minimum absolute atomic E-state index is 0.0932. The van der Waals surface area contributed by atoms with Crippen LogP contribution in [-0.2, 0) is 20.7 Å². The first-order valence-corrected chi connectivity index (χ1v) is 10.0. The highest BCUT2D eigenvalue weighted by Gasteiger charge is 2.18. The lowest BCUT2D eigenvalue weighted by Gasteiger charge is -2.20. The molecule has 0 aliphatic rings. The van der Waals surface area contributed by atoms with Gasteiger partial charge in [0.1, 0.15) is 17.8 Å². The van der Waals surface area contributed by atoms with Crippen LogP contribution < -0.4 is 10.6 Å². The van der Waals surface area contributed by atoms with Gasteiger partial charge in [-0.25, -0.2) is 9.97 Å². The maximum absolute atomic E-state index is 12.5. The summed E-state index contributed by atoms with van der Waals surface area (Å²) in [5.41, 5.74) is 1.52. The number of anilines is 2. The van der Waals surface area contributed by atoms with Gasteiger partial charge in [0.25, 0.3) is 0 Å². The molecular weight excluding hydrogens is 392 g/mol. The van der Waals surface area contributed by atoms with Crippen LogP contribution in [0.15, 0.2) is 66.9 Å². The minimum atomic E-state index is -0.591. The monoisotopic (exact) mass is 418 g/mol. The van der Waals surface area contributed by atoms with Gasteiger partial charge in [0, 0.05) is 5.56 Å². The lowest BCUT2D eigenvalue weighted by molar-refractivity contribution is -0.152. The molecule has 31 heavy (non-hydrogen) atoms. The first-order valence-electron chi connectivity index (χ1n) is 10.0. The number of aromatic nitrogens is 2. The van der Waals surface area contributed by atoms with E-state index in [4.69, 9.17) is 4.74 Å². The molecule has 7 heteroatoms. The van der Waals surface area contributed by atoms with E-state index < -0.39 is 11.6 Å². The summed E-state index contributed by atoms with van der Waals surface area (Å²) in [6, 6.07) is 18.9. The van der Waals surface area contributed by atoms with Crippen LogP contribution >= 0.6 is 0 Å². The van der Waals surface area contributed by atoms with E-state index in [1.165, 1.54) is 6.20 Å². The molecule has 0 bridgehead atoms. The van der Waals surface area contributed by atoms with E-state index in [1.807, 2.05) is 60.7 Å². The number of carbonyl (C=O) groups is 2. The minimum Gasteiger partial charge on any atom is -0.459 e. The summed E-state index contributed by atoms with van der Waals surface area (Å²) in [5.74, 6) is 0.200. The average Bonchev–Trinajstić information content (AvgIpc) is 2.73. The van der Waals surface area contributed by atoms with Gasteiger partial charge in [-0.1, -0.05) is 60.7 Å². The standard InChI is InChI=1S/C24H26N4O3/c1-24(2,3)31-21(30)16-26-23-19(27-20(29)14-17-10-6-4-7-11-17)15-25-22(28-23)18-12-8-5-9-13-18/h4-13,15H,14,16H2,1-3H3,(H,27,29)(H,25,26,28). The van der Waals surface area contributed by atoms with Gasteiger partial charge < -0.3 is 15.4 Å². The van der Waals surface area contributed by atoms with Crippen molar-refractivity contribution in [2.45, 2.75) is 32.8 Å². The first-order chi connectivity index (χ1) is 14.8. The van der Waals surface area contributed by atoms with Gasteiger partial charge >= 0.3 is 5.97 Å². The fraction of sp³-hybridized carbons (Fsp3) is 0.250. The van der Waals surface area contributed by atoms with Gasteiger partial charge in [-0.15, -0.1) is 0 Å². The molecule has 1 amide bonds. The molecule has 160 valence electrons. The number of hydrogen-bond donors (Lipinski definition) is 2. The van der Waals surface area contributed by atoms with E-state index in [0.717, 1.165) is 11.1 Å². The van der Waals surface area contributed by atoms with Gasteiger partial charge in [0.15, 0.2) is 11.6 Å². The van der Waals surface area contributed by atoms with Crippen LogP contribution in [0.5, 0.6) is 0 Å². The molecule has 1 heterocycles. The highest BCUT2D eigenvalue weighted by Crippen LogP contribution is 2.23. The van der Waals surface area contributed by atoms with Crippen molar-refractivity contribution in [2.75, 3.05) is 17.2 Å². The smallest absolute Gasteiger partial charge is 0.325 e. The number of ether oxygens (including phenoxy) is 1. The molecule has 0 radical (unpaired) electrons. The van der Waals surface area contributed by atoms with Crippen LogP contribution in [0.1, 0.15) is 26.3 Å². The lowest BCUT2D eigenvalue weighted by atomic mass is 10.1. The molecule has 2 N–H and O–H groups in total. The number of carbonyl (C=O) groups excluding carboxylic acids is 2. The number of rotatable bonds is 7. The molecule has 0 unspecified atom stereocenters. The summed E-state index contributed by atoms with van der Waals surface area (Å²) >= 11 is 0. The summed E-state index contributed by atoms with van der Waals surface area (Å²) in [6.07, 6.45) is 1.75. The van der Waals surface area contributed by atoms with E-state index in [-0.39, 0.29) is 18.9 Å². The van der Waals surface area contributed by atoms with Gasteiger partial charge in [0.2, 0.25) is 5.91 Å². The van der Waals surface area contributed by atoms with Gasteiger partial charge in [0.05, 0.1) is 12.6 Å². The number of nitrogens with zero attached hydrogens (tertiary/aromatic N) is 2. The van der Waals surface area contributed by atoms with Crippen molar-refractivity contribution in [3.05, 3.63) is 72.4 Å². The zero-order valence-electron chi connectivity index (χ0n) is 17.9. The van der Waals surface area contributed by atoms with Crippen molar-refractivity contribution in [3.8, 4) is 11.4 Å². The van der Waals surface area contributed by atoms with Crippen molar-refractivity contribution in [1.29, 1.82) is 0 Å². The maximum atomic E-state index is 12.5. The molecule has 1 aromatic heterocycles. The van der Waals surface area contributed by atoms with E-state index >= 15 is 0 Å². The third kappa shape index (κ3) is 6.92. The van der Waals surface area contributed by atoms with Crippen LogP contribution in [0, 0.1) is 0 Å². The molecule has 0 atom stereocenters. The molecular formula is C24H26N4O3. The van der Waals surface area contributed by atoms with Crippen molar-refractivity contribution in [2.24, 2.45) is 0 Å². The second-order valence-electron chi connectivity index (χ2n) is 7.97. The van der Waals surface area contributed by atoms with E-state index in [1.54, 1.807) is 20.8 Å². The molecule has 0 saturated carbocycles. The van der Waals surface area contributed by atoms with Crippen LogP contribution in [0.4, 0.5) is 11.5 Å². The molecule has 0 spiro atoms. The number of benzene rings is 2. The predicted molar refractivity (Wildman–Crippen MR) is 121 cm³/mol. The summed E-state index contributed by atoms with van der Waals surface area (Å²) in [6.45, 7) is 5.32.